The van der Waals surface area contributed by atoms with Crippen molar-refractivity contribution in [2.45, 2.75) is 0 Å². The third kappa shape index (κ3) is 2.65. The van der Waals surface area contributed by atoms with Crippen LogP contribution in [-0.2, 0) is 0 Å². The highest BCUT2D eigenvalue weighted by atomic mass is 79.9. The SMILES string of the molecule is O=C(O)c1cnccc1Oc1cc(F)ccc1Br. The van der Waals surface area contributed by atoms with Crippen LogP contribution in [0.3, 0.4) is 0 Å². The zero-order chi connectivity index (χ0) is 13.1. The average molecular weight is 312 g/mol. The number of aromatic nitrogens is 1. The minimum absolute atomic E-state index is 0.0892. The first-order chi connectivity index (χ1) is 8.58. The van der Waals surface area contributed by atoms with E-state index in [-0.39, 0.29) is 17.1 Å². The fourth-order valence-corrected chi connectivity index (χ4v) is 1.63. The third-order valence-electron chi connectivity index (χ3n) is 2.12. The molecule has 18 heavy (non-hydrogen) atoms. The van der Waals surface area contributed by atoms with Gasteiger partial charge in [0.05, 0.1) is 4.47 Å². The second-order valence-electron chi connectivity index (χ2n) is 3.35. The Balaban J connectivity index is 2.40. The highest BCUT2D eigenvalue weighted by molar-refractivity contribution is 9.10. The molecule has 0 fully saturated rings. The Hall–Kier alpha value is -1.95. The number of benzene rings is 1. The summed E-state index contributed by atoms with van der Waals surface area (Å²) in [6.07, 6.45) is 2.57. The van der Waals surface area contributed by atoms with E-state index in [1.165, 1.54) is 30.6 Å². The second kappa shape index (κ2) is 5.14. The van der Waals surface area contributed by atoms with Crippen LogP contribution in [0.2, 0.25) is 0 Å². The number of carbonyl (C=O) groups is 1. The molecule has 0 spiro atoms. The number of carboxylic acids is 1. The number of pyridine rings is 1. The molecule has 4 nitrogen and oxygen atoms in total. The summed E-state index contributed by atoms with van der Waals surface area (Å²) in [6, 6.07) is 5.31. The molecular weight excluding hydrogens is 305 g/mol. The largest absolute Gasteiger partial charge is 0.477 e. The molecule has 92 valence electrons. The van der Waals surface area contributed by atoms with Crippen molar-refractivity contribution in [3.8, 4) is 11.5 Å². The third-order valence-corrected chi connectivity index (χ3v) is 2.78. The number of aromatic carboxylic acids is 1. The van der Waals surface area contributed by atoms with Gasteiger partial charge < -0.3 is 9.84 Å². The van der Waals surface area contributed by atoms with E-state index in [2.05, 4.69) is 20.9 Å². The monoisotopic (exact) mass is 311 g/mol. The van der Waals surface area contributed by atoms with Crippen molar-refractivity contribution in [1.82, 2.24) is 4.98 Å². The quantitative estimate of drug-likeness (QED) is 0.943. The predicted molar refractivity (Wildman–Crippen MR) is 65.4 cm³/mol. The zero-order valence-electron chi connectivity index (χ0n) is 8.93. The molecule has 0 amide bonds. The van der Waals surface area contributed by atoms with Crippen molar-refractivity contribution in [2.75, 3.05) is 0 Å². The number of rotatable bonds is 3. The molecule has 1 aromatic heterocycles. The van der Waals surface area contributed by atoms with E-state index < -0.39 is 11.8 Å². The molecule has 1 heterocycles. The van der Waals surface area contributed by atoms with Gasteiger partial charge in [-0.3, -0.25) is 4.98 Å². The number of hydrogen-bond acceptors (Lipinski definition) is 3. The molecule has 0 bridgehead atoms. The Morgan fingerprint density at radius 1 is 1.33 bits per heavy atom. The summed E-state index contributed by atoms with van der Waals surface area (Å²) in [6.45, 7) is 0. The summed E-state index contributed by atoms with van der Waals surface area (Å²) < 4.78 is 19.0. The van der Waals surface area contributed by atoms with Gasteiger partial charge in [-0.15, -0.1) is 0 Å². The molecule has 0 aliphatic rings. The lowest BCUT2D eigenvalue weighted by Crippen LogP contribution is -2.00. The van der Waals surface area contributed by atoms with Gasteiger partial charge in [0.2, 0.25) is 0 Å². The van der Waals surface area contributed by atoms with Crippen molar-refractivity contribution in [3.05, 3.63) is 52.5 Å². The summed E-state index contributed by atoms with van der Waals surface area (Å²) in [4.78, 5) is 14.7. The van der Waals surface area contributed by atoms with E-state index in [9.17, 15) is 9.18 Å². The standard InChI is InChI=1S/C12H7BrFNO3/c13-9-2-1-7(14)5-11(9)18-10-3-4-15-6-8(10)12(16)17/h1-6H,(H,16,17). The van der Waals surface area contributed by atoms with Gasteiger partial charge in [0.1, 0.15) is 22.9 Å². The summed E-state index contributed by atoms with van der Waals surface area (Å²) in [5, 5.41) is 8.96. The summed E-state index contributed by atoms with van der Waals surface area (Å²) in [5.41, 5.74) is -0.0892. The molecule has 0 aliphatic heterocycles. The maximum absolute atomic E-state index is 13.1. The zero-order valence-corrected chi connectivity index (χ0v) is 10.5. The van der Waals surface area contributed by atoms with Crippen LogP contribution in [0.5, 0.6) is 11.5 Å². The van der Waals surface area contributed by atoms with Crippen LogP contribution in [0.4, 0.5) is 4.39 Å². The van der Waals surface area contributed by atoms with Gasteiger partial charge in [-0.1, -0.05) is 0 Å². The molecule has 0 aliphatic carbocycles. The second-order valence-corrected chi connectivity index (χ2v) is 4.21. The molecule has 0 saturated carbocycles. The van der Waals surface area contributed by atoms with Gasteiger partial charge in [0.15, 0.2) is 0 Å². The Kier molecular flexibility index (Phi) is 3.57. The Bertz CT molecular complexity index is 604. The minimum Gasteiger partial charge on any atom is -0.477 e. The number of carboxylic acid groups (broad SMARTS) is 1. The van der Waals surface area contributed by atoms with Crippen molar-refractivity contribution in [2.24, 2.45) is 0 Å². The summed E-state index contributed by atoms with van der Waals surface area (Å²) >= 11 is 3.19. The number of hydrogen-bond donors (Lipinski definition) is 1. The van der Waals surface area contributed by atoms with Crippen LogP contribution in [0.1, 0.15) is 10.4 Å². The fourth-order valence-electron chi connectivity index (χ4n) is 1.31. The van der Waals surface area contributed by atoms with Gasteiger partial charge in [-0.05, 0) is 28.1 Å². The van der Waals surface area contributed by atoms with Crippen molar-refractivity contribution >= 4 is 21.9 Å². The predicted octanol–water partition coefficient (Wildman–Crippen LogP) is 3.47. The van der Waals surface area contributed by atoms with Crippen LogP contribution in [-0.4, -0.2) is 16.1 Å². The Labute approximate surface area is 110 Å². The molecule has 2 rings (SSSR count). The van der Waals surface area contributed by atoms with Crippen LogP contribution in [0, 0.1) is 5.82 Å². The lowest BCUT2D eigenvalue weighted by Gasteiger charge is -2.09. The first kappa shape index (κ1) is 12.5. The number of halogens is 2. The first-order valence-electron chi connectivity index (χ1n) is 4.88. The van der Waals surface area contributed by atoms with Gasteiger partial charge in [0.25, 0.3) is 0 Å². The minimum atomic E-state index is -1.16. The smallest absolute Gasteiger partial charge is 0.341 e. The lowest BCUT2D eigenvalue weighted by atomic mass is 10.2. The van der Waals surface area contributed by atoms with E-state index in [0.717, 1.165) is 6.07 Å². The van der Waals surface area contributed by atoms with Crippen LogP contribution in [0.15, 0.2) is 41.1 Å². The maximum atomic E-state index is 13.1. The highest BCUT2D eigenvalue weighted by Crippen LogP contribution is 2.31. The lowest BCUT2D eigenvalue weighted by molar-refractivity contribution is 0.0693. The molecular formula is C12H7BrFNO3. The van der Waals surface area contributed by atoms with Crippen molar-refractivity contribution < 1.29 is 19.0 Å². The van der Waals surface area contributed by atoms with Crippen LogP contribution < -0.4 is 4.74 Å². The maximum Gasteiger partial charge on any atom is 0.341 e. The van der Waals surface area contributed by atoms with E-state index in [4.69, 9.17) is 9.84 Å². The van der Waals surface area contributed by atoms with E-state index in [1.54, 1.807) is 0 Å². The average Bonchev–Trinajstić information content (AvgIpc) is 2.34. The van der Waals surface area contributed by atoms with E-state index >= 15 is 0 Å². The molecule has 2 aromatic rings. The molecule has 0 radical (unpaired) electrons. The topological polar surface area (TPSA) is 59.4 Å². The van der Waals surface area contributed by atoms with Gasteiger partial charge in [-0.2, -0.15) is 0 Å². The summed E-state index contributed by atoms with van der Waals surface area (Å²) in [7, 11) is 0. The summed E-state index contributed by atoms with van der Waals surface area (Å²) in [5.74, 6) is -1.34. The fraction of sp³-hybridized carbons (Fsp3) is 0. The first-order valence-corrected chi connectivity index (χ1v) is 5.67. The van der Waals surface area contributed by atoms with Crippen LogP contribution in [0.25, 0.3) is 0 Å². The van der Waals surface area contributed by atoms with Crippen molar-refractivity contribution in [3.63, 3.8) is 0 Å². The van der Waals surface area contributed by atoms with E-state index in [0.29, 0.717) is 4.47 Å². The molecule has 1 N–H and O–H groups in total. The van der Waals surface area contributed by atoms with Crippen LogP contribution >= 0.6 is 15.9 Å². The van der Waals surface area contributed by atoms with Gasteiger partial charge in [-0.25, -0.2) is 9.18 Å². The molecule has 0 atom stereocenters. The number of ether oxygens (including phenoxy) is 1. The molecule has 0 unspecified atom stereocenters. The molecule has 6 heteroatoms. The highest BCUT2D eigenvalue weighted by Gasteiger charge is 2.13. The molecule has 0 saturated heterocycles. The normalized spacial score (nSPS) is 10.1. The van der Waals surface area contributed by atoms with E-state index in [1.807, 2.05) is 0 Å². The Morgan fingerprint density at radius 2 is 2.11 bits per heavy atom. The van der Waals surface area contributed by atoms with Gasteiger partial charge in [0, 0.05) is 24.5 Å². The van der Waals surface area contributed by atoms with Crippen molar-refractivity contribution in [1.29, 1.82) is 0 Å². The van der Waals surface area contributed by atoms with Gasteiger partial charge >= 0.3 is 5.97 Å². The Morgan fingerprint density at radius 3 is 2.83 bits per heavy atom. The number of nitrogens with zero attached hydrogens (tertiary/aromatic N) is 1. The molecule has 1 aromatic carbocycles.